The van der Waals surface area contributed by atoms with Gasteiger partial charge in [-0.2, -0.15) is 0 Å². The fourth-order valence-electron chi connectivity index (χ4n) is 2.35. The van der Waals surface area contributed by atoms with E-state index in [9.17, 15) is 0 Å². The molecule has 2 aromatic rings. The van der Waals surface area contributed by atoms with Gasteiger partial charge >= 0.3 is 0 Å². The first-order valence-corrected chi connectivity index (χ1v) is 9.76. The van der Waals surface area contributed by atoms with E-state index in [2.05, 4.69) is 41.2 Å². The Morgan fingerprint density at radius 3 is 2.60 bits per heavy atom. The zero-order valence-corrected chi connectivity index (χ0v) is 17.3. The van der Waals surface area contributed by atoms with Gasteiger partial charge in [0.25, 0.3) is 0 Å². The van der Waals surface area contributed by atoms with E-state index in [0.29, 0.717) is 30.0 Å². The Balaban J connectivity index is 2.15. The molecule has 0 fully saturated rings. The van der Waals surface area contributed by atoms with E-state index in [1.807, 2.05) is 37.3 Å². The number of rotatable bonds is 9. The molecular weight excluding hydrogens is 402 g/mol. The molecular formula is C20H25BrClNO2. The Bertz CT molecular complexity index is 693. The molecule has 0 aromatic heterocycles. The summed E-state index contributed by atoms with van der Waals surface area (Å²) in [6.07, 6.45) is 1.10. The van der Waals surface area contributed by atoms with E-state index >= 15 is 0 Å². The quantitative estimate of drug-likeness (QED) is 0.536. The summed E-state index contributed by atoms with van der Waals surface area (Å²) in [6.45, 7) is 8.14. The normalized spacial score (nSPS) is 12.0. The molecule has 0 aliphatic carbocycles. The Morgan fingerprint density at radius 1 is 1.12 bits per heavy atom. The summed E-state index contributed by atoms with van der Waals surface area (Å²) in [7, 11) is 0. The highest BCUT2D eigenvalue weighted by Gasteiger charge is 2.13. The number of nitrogens with one attached hydrogen (secondary N) is 1. The summed E-state index contributed by atoms with van der Waals surface area (Å²) in [4.78, 5) is 0. The van der Waals surface area contributed by atoms with Gasteiger partial charge in [0.15, 0.2) is 11.5 Å². The average Bonchev–Trinajstić information content (AvgIpc) is 2.59. The number of benzene rings is 2. The summed E-state index contributed by atoms with van der Waals surface area (Å²) in [5.74, 6) is 1.47. The van der Waals surface area contributed by atoms with Gasteiger partial charge in [-0.1, -0.05) is 30.7 Å². The van der Waals surface area contributed by atoms with Crippen LogP contribution in [-0.2, 0) is 13.2 Å². The van der Waals surface area contributed by atoms with Gasteiger partial charge in [-0.05, 0) is 71.6 Å². The van der Waals surface area contributed by atoms with Crippen molar-refractivity contribution >= 4 is 27.5 Å². The molecule has 136 valence electrons. The second kappa shape index (κ2) is 10.0. The van der Waals surface area contributed by atoms with Crippen molar-refractivity contribution in [1.82, 2.24) is 5.32 Å². The SMILES string of the molecule is CCOc1cc(CN[C@@H](C)CC)cc(Br)c1OCc1cccc(Cl)c1. The van der Waals surface area contributed by atoms with Gasteiger partial charge in [0.1, 0.15) is 6.61 Å². The smallest absolute Gasteiger partial charge is 0.175 e. The van der Waals surface area contributed by atoms with Gasteiger partial charge < -0.3 is 14.8 Å². The van der Waals surface area contributed by atoms with Crippen molar-refractivity contribution in [3.05, 3.63) is 57.0 Å². The second-order valence-corrected chi connectivity index (χ2v) is 7.24. The van der Waals surface area contributed by atoms with Crippen LogP contribution in [0.25, 0.3) is 0 Å². The summed E-state index contributed by atoms with van der Waals surface area (Å²) >= 11 is 9.66. The van der Waals surface area contributed by atoms with E-state index in [0.717, 1.165) is 34.3 Å². The molecule has 0 heterocycles. The molecule has 0 saturated heterocycles. The van der Waals surface area contributed by atoms with Crippen LogP contribution in [0.1, 0.15) is 38.3 Å². The standard InChI is InChI=1S/C20H25BrClNO2/c1-4-14(3)23-12-16-10-18(21)20(19(11-16)24-5-2)25-13-15-7-6-8-17(22)9-15/h6-11,14,23H,4-5,12-13H2,1-3H3/t14-/m0/s1. The van der Waals surface area contributed by atoms with Crippen molar-refractivity contribution in [1.29, 1.82) is 0 Å². The summed E-state index contributed by atoms with van der Waals surface area (Å²) in [5, 5.41) is 4.20. The third-order valence-electron chi connectivity index (χ3n) is 3.91. The van der Waals surface area contributed by atoms with E-state index < -0.39 is 0 Å². The van der Waals surface area contributed by atoms with Crippen LogP contribution in [0.4, 0.5) is 0 Å². The second-order valence-electron chi connectivity index (χ2n) is 5.95. The third kappa shape index (κ3) is 6.21. The molecule has 0 aliphatic rings. The van der Waals surface area contributed by atoms with Crippen LogP contribution in [0.5, 0.6) is 11.5 Å². The lowest BCUT2D eigenvalue weighted by Crippen LogP contribution is -2.24. The lowest BCUT2D eigenvalue weighted by molar-refractivity contribution is 0.267. The monoisotopic (exact) mass is 425 g/mol. The van der Waals surface area contributed by atoms with Crippen LogP contribution in [0.2, 0.25) is 5.02 Å². The van der Waals surface area contributed by atoms with Gasteiger partial charge in [-0.25, -0.2) is 0 Å². The van der Waals surface area contributed by atoms with Gasteiger partial charge in [0.2, 0.25) is 0 Å². The highest BCUT2D eigenvalue weighted by atomic mass is 79.9. The first kappa shape index (κ1) is 20.1. The van der Waals surface area contributed by atoms with Crippen LogP contribution in [-0.4, -0.2) is 12.6 Å². The molecule has 2 aromatic carbocycles. The first-order valence-electron chi connectivity index (χ1n) is 8.59. The molecule has 0 unspecified atom stereocenters. The highest BCUT2D eigenvalue weighted by molar-refractivity contribution is 9.10. The van der Waals surface area contributed by atoms with Crippen molar-refractivity contribution in [3.8, 4) is 11.5 Å². The van der Waals surface area contributed by atoms with Crippen LogP contribution >= 0.6 is 27.5 Å². The molecule has 0 radical (unpaired) electrons. The van der Waals surface area contributed by atoms with E-state index in [4.69, 9.17) is 21.1 Å². The fourth-order valence-corrected chi connectivity index (χ4v) is 3.16. The number of hydrogen-bond acceptors (Lipinski definition) is 3. The lowest BCUT2D eigenvalue weighted by Gasteiger charge is -2.17. The van der Waals surface area contributed by atoms with Gasteiger partial charge in [-0.15, -0.1) is 0 Å². The van der Waals surface area contributed by atoms with Crippen molar-refractivity contribution < 1.29 is 9.47 Å². The number of halogens is 2. The van der Waals surface area contributed by atoms with E-state index in [1.165, 1.54) is 0 Å². The maximum Gasteiger partial charge on any atom is 0.175 e. The number of ether oxygens (including phenoxy) is 2. The van der Waals surface area contributed by atoms with Crippen LogP contribution in [0.15, 0.2) is 40.9 Å². The molecule has 2 rings (SSSR count). The molecule has 25 heavy (non-hydrogen) atoms. The molecule has 3 nitrogen and oxygen atoms in total. The molecule has 0 amide bonds. The molecule has 0 bridgehead atoms. The Morgan fingerprint density at radius 2 is 1.92 bits per heavy atom. The first-order chi connectivity index (χ1) is 12.0. The predicted molar refractivity (Wildman–Crippen MR) is 108 cm³/mol. The fraction of sp³-hybridized carbons (Fsp3) is 0.400. The average molecular weight is 427 g/mol. The van der Waals surface area contributed by atoms with Gasteiger partial charge in [0.05, 0.1) is 11.1 Å². The number of hydrogen-bond donors (Lipinski definition) is 1. The third-order valence-corrected chi connectivity index (χ3v) is 4.73. The summed E-state index contributed by atoms with van der Waals surface area (Å²) < 4.78 is 12.7. The molecule has 1 N–H and O–H groups in total. The zero-order valence-electron chi connectivity index (χ0n) is 14.9. The topological polar surface area (TPSA) is 30.5 Å². The van der Waals surface area contributed by atoms with Crippen molar-refractivity contribution in [2.75, 3.05) is 6.61 Å². The molecule has 0 saturated carbocycles. The maximum absolute atomic E-state index is 6.04. The minimum Gasteiger partial charge on any atom is -0.490 e. The van der Waals surface area contributed by atoms with Gasteiger partial charge in [0, 0.05) is 17.6 Å². The molecule has 1 atom stereocenters. The Kier molecular flexibility index (Phi) is 8.07. The molecule has 0 aliphatic heterocycles. The van der Waals surface area contributed by atoms with Crippen molar-refractivity contribution in [2.24, 2.45) is 0 Å². The van der Waals surface area contributed by atoms with Crippen LogP contribution < -0.4 is 14.8 Å². The van der Waals surface area contributed by atoms with Crippen molar-refractivity contribution in [3.63, 3.8) is 0 Å². The molecule has 5 heteroatoms. The van der Waals surface area contributed by atoms with Crippen LogP contribution in [0.3, 0.4) is 0 Å². The maximum atomic E-state index is 6.04. The Hall–Kier alpha value is -1.23. The Labute approximate surface area is 163 Å². The van der Waals surface area contributed by atoms with E-state index in [-0.39, 0.29) is 0 Å². The minimum atomic E-state index is 0.434. The van der Waals surface area contributed by atoms with E-state index in [1.54, 1.807) is 0 Å². The van der Waals surface area contributed by atoms with Crippen LogP contribution in [0, 0.1) is 0 Å². The minimum absolute atomic E-state index is 0.434. The molecule has 0 spiro atoms. The van der Waals surface area contributed by atoms with Crippen molar-refractivity contribution in [2.45, 2.75) is 46.4 Å². The predicted octanol–water partition coefficient (Wildman–Crippen LogP) is 5.97. The summed E-state index contributed by atoms with van der Waals surface area (Å²) in [6, 6.07) is 12.3. The largest absolute Gasteiger partial charge is 0.490 e. The van der Waals surface area contributed by atoms with Gasteiger partial charge in [-0.3, -0.25) is 0 Å². The lowest BCUT2D eigenvalue weighted by atomic mass is 10.1. The highest BCUT2D eigenvalue weighted by Crippen LogP contribution is 2.37. The summed E-state index contributed by atoms with van der Waals surface area (Å²) in [5.41, 5.74) is 2.18. The zero-order chi connectivity index (χ0) is 18.2.